The van der Waals surface area contributed by atoms with Gasteiger partial charge in [-0.3, -0.25) is 9.78 Å². The van der Waals surface area contributed by atoms with Crippen molar-refractivity contribution >= 4 is 17.7 Å². The molecule has 3 heterocycles. The van der Waals surface area contributed by atoms with E-state index in [4.69, 9.17) is 9.84 Å². The molecule has 0 aliphatic carbocycles. The molecule has 21 heavy (non-hydrogen) atoms. The van der Waals surface area contributed by atoms with Crippen molar-refractivity contribution in [3.63, 3.8) is 0 Å². The molecule has 0 saturated carbocycles. The fourth-order valence-corrected chi connectivity index (χ4v) is 2.40. The van der Waals surface area contributed by atoms with E-state index in [1.54, 1.807) is 6.20 Å². The molecule has 2 aliphatic rings. The SMILES string of the molecule is O=C(O)c1cncc(N2CCN(C(=O)C3COC3)CC2)n1. The van der Waals surface area contributed by atoms with Crippen LogP contribution in [0.1, 0.15) is 10.5 Å². The van der Waals surface area contributed by atoms with Crippen LogP contribution in [0.2, 0.25) is 0 Å². The maximum Gasteiger partial charge on any atom is 0.356 e. The summed E-state index contributed by atoms with van der Waals surface area (Å²) >= 11 is 0. The van der Waals surface area contributed by atoms with E-state index in [0.717, 1.165) is 0 Å². The summed E-state index contributed by atoms with van der Waals surface area (Å²) in [6, 6.07) is 0. The number of ether oxygens (including phenoxy) is 1. The number of aromatic carboxylic acids is 1. The van der Waals surface area contributed by atoms with Gasteiger partial charge in [0.05, 0.1) is 31.5 Å². The zero-order chi connectivity index (χ0) is 14.8. The average molecular weight is 292 g/mol. The van der Waals surface area contributed by atoms with E-state index in [-0.39, 0.29) is 17.5 Å². The molecule has 1 N–H and O–H groups in total. The third-order valence-corrected chi connectivity index (χ3v) is 3.74. The molecule has 2 fully saturated rings. The van der Waals surface area contributed by atoms with Crippen molar-refractivity contribution in [2.45, 2.75) is 0 Å². The zero-order valence-corrected chi connectivity index (χ0v) is 11.4. The fourth-order valence-electron chi connectivity index (χ4n) is 2.40. The van der Waals surface area contributed by atoms with Gasteiger partial charge < -0.3 is 19.6 Å². The van der Waals surface area contributed by atoms with E-state index in [1.807, 2.05) is 9.80 Å². The Labute approximate surface area is 121 Å². The number of hydrogen-bond donors (Lipinski definition) is 1. The molecule has 8 nitrogen and oxygen atoms in total. The lowest BCUT2D eigenvalue weighted by Crippen LogP contribution is -2.53. The van der Waals surface area contributed by atoms with Crippen LogP contribution < -0.4 is 4.90 Å². The first-order valence-electron chi connectivity index (χ1n) is 6.82. The van der Waals surface area contributed by atoms with Gasteiger partial charge in [-0.15, -0.1) is 0 Å². The topological polar surface area (TPSA) is 95.9 Å². The molecule has 1 aromatic rings. The molecule has 0 radical (unpaired) electrons. The van der Waals surface area contributed by atoms with E-state index in [2.05, 4.69) is 9.97 Å². The van der Waals surface area contributed by atoms with Crippen molar-refractivity contribution in [1.82, 2.24) is 14.9 Å². The Balaban J connectivity index is 1.61. The molecule has 0 unspecified atom stereocenters. The highest BCUT2D eigenvalue weighted by Crippen LogP contribution is 2.17. The molecular weight excluding hydrogens is 276 g/mol. The van der Waals surface area contributed by atoms with Crippen LogP contribution >= 0.6 is 0 Å². The Morgan fingerprint density at radius 3 is 2.48 bits per heavy atom. The lowest BCUT2D eigenvalue weighted by atomic mass is 10.1. The smallest absolute Gasteiger partial charge is 0.356 e. The number of carbonyl (C=O) groups excluding carboxylic acids is 1. The predicted molar refractivity (Wildman–Crippen MR) is 72.1 cm³/mol. The number of carboxylic acid groups (broad SMARTS) is 1. The molecule has 2 aliphatic heterocycles. The van der Waals surface area contributed by atoms with Gasteiger partial charge in [-0.25, -0.2) is 9.78 Å². The van der Waals surface area contributed by atoms with Crippen LogP contribution in [-0.4, -0.2) is 71.2 Å². The second kappa shape index (κ2) is 5.65. The first-order valence-corrected chi connectivity index (χ1v) is 6.82. The number of rotatable bonds is 3. The van der Waals surface area contributed by atoms with E-state index in [9.17, 15) is 9.59 Å². The standard InChI is InChI=1S/C13H16N4O4/c18-12(9-7-21-8-9)17-3-1-16(2-4-17)11-6-14-5-10(15-11)13(19)20/h5-6,9H,1-4,7-8H2,(H,19,20). The summed E-state index contributed by atoms with van der Waals surface area (Å²) in [7, 11) is 0. The largest absolute Gasteiger partial charge is 0.476 e. The number of piperazine rings is 1. The minimum atomic E-state index is -1.09. The number of amides is 1. The van der Waals surface area contributed by atoms with Gasteiger partial charge >= 0.3 is 5.97 Å². The van der Waals surface area contributed by atoms with Crippen LogP contribution in [0, 0.1) is 5.92 Å². The molecule has 0 atom stereocenters. The Bertz CT molecular complexity index is 553. The average Bonchev–Trinajstić information content (AvgIpc) is 2.46. The summed E-state index contributed by atoms with van der Waals surface area (Å²) in [5.41, 5.74) is -0.0716. The number of carboxylic acids is 1. The minimum absolute atomic E-state index is 0.00619. The molecule has 0 aromatic carbocycles. The number of nitrogens with zero attached hydrogens (tertiary/aromatic N) is 4. The van der Waals surface area contributed by atoms with E-state index in [0.29, 0.717) is 45.2 Å². The minimum Gasteiger partial charge on any atom is -0.476 e. The summed E-state index contributed by atoms with van der Waals surface area (Å²) in [5, 5.41) is 8.93. The number of carbonyl (C=O) groups is 2. The van der Waals surface area contributed by atoms with Crippen LogP contribution in [0.4, 0.5) is 5.82 Å². The van der Waals surface area contributed by atoms with Crippen molar-refractivity contribution in [3.05, 3.63) is 18.1 Å². The fraction of sp³-hybridized carbons (Fsp3) is 0.538. The third kappa shape index (κ3) is 2.80. The first-order chi connectivity index (χ1) is 10.1. The van der Waals surface area contributed by atoms with Gasteiger partial charge in [-0.05, 0) is 0 Å². The lowest BCUT2D eigenvalue weighted by molar-refractivity contribution is -0.150. The van der Waals surface area contributed by atoms with Crippen molar-refractivity contribution in [3.8, 4) is 0 Å². The number of aromatic nitrogens is 2. The normalized spacial score (nSPS) is 19.2. The van der Waals surface area contributed by atoms with Gasteiger partial charge in [0.15, 0.2) is 5.69 Å². The third-order valence-electron chi connectivity index (χ3n) is 3.74. The highest BCUT2D eigenvalue weighted by molar-refractivity contribution is 5.85. The van der Waals surface area contributed by atoms with Gasteiger partial charge in [-0.2, -0.15) is 0 Å². The summed E-state index contributed by atoms with van der Waals surface area (Å²) in [5.74, 6) is -0.407. The summed E-state index contributed by atoms with van der Waals surface area (Å²) in [4.78, 5) is 34.7. The van der Waals surface area contributed by atoms with E-state index in [1.165, 1.54) is 6.20 Å². The molecular formula is C13H16N4O4. The maximum absolute atomic E-state index is 12.1. The molecule has 8 heteroatoms. The second-order valence-electron chi connectivity index (χ2n) is 5.11. The highest BCUT2D eigenvalue weighted by atomic mass is 16.5. The Hall–Kier alpha value is -2.22. The van der Waals surface area contributed by atoms with E-state index >= 15 is 0 Å². The summed E-state index contributed by atoms with van der Waals surface area (Å²) < 4.78 is 5.04. The summed E-state index contributed by atoms with van der Waals surface area (Å²) in [6.45, 7) is 3.49. The quantitative estimate of drug-likeness (QED) is 0.800. The molecule has 3 rings (SSSR count). The molecule has 1 aromatic heterocycles. The lowest BCUT2D eigenvalue weighted by Gasteiger charge is -2.38. The monoisotopic (exact) mass is 292 g/mol. The van der Waals surface area contributed by atoms with Crippen LogP contribution in [0.25, 0.3) is 0 Å². The number of anilines is 1. The van der Waals surface area contributed by atoms with Crippen LogP contribution in [0.3, 0.4) is 0 Å². The predicted octanol–water partition coefficient (Wildman–Crippen LogP) is -0.530. The molecule has 0 spiro atoms. The van der Waals surface area contributed by atoms with Crippen LogP contribution in [-0.2, 0) is 9.53 Å². The van der Waals surface area contributed by atoms with Gasteiger partial charge in [0.1, 0.15) is 5.82 Å². The first kappa shape index (κ1) is 13.7. The molecule has 2 saturated heterocycles. The number of hydrogen-bond acceptors (Lipinski definition) is 6. The molecule has 112 valence electrons. The van der Waals surface area contributed by atoms with Crippen molar-refractivity contribution in [2.75, 3.05) is 44.3 Å². The molecule has 1 amide bonds. The van der Waals surface area contributed by atoms with Crippen molar-refractivity contribution in [1.29, 1.82) is 0 Å². The Kier molecular flexibility index (Phi) is 3.70. The van der Waals surface area contributed by atoms with E-state index < -0.39 is 5.97 Å². The molecule has 0 bridgehead atoms. The second-order valence-corrected chi connectivity index (χ2v) is 5.11. The van der Waals surface area contributed by atoms with Crippen LogP contribution in [0.5, 0.6) is 0 Å². The Morgan fingerprint density at radius 1 is 1.19 bits per heavy atom. The van der Waals surface area contributed by atoms with Crippen molar-refractivity contribution < 1.29 is 19.4 Å². The van der Waals surface area contributed by atoms with Crippen molar-refractivity contribution in [2.24, 2.45) is 5.92 Å². The van der Waals surface area contributed by atoms with Gasteiger partial charge in [-0.1, -0.05) is 0 Å². The van der Waals surface area contributed by atoms with Gasteiger partial charge in [0, 0.05) is 26.2 Å². The Morgan fingerprint density at radius 2 is 1.90 bits per heavy atom. The van der Waals surface area contributed by atoms with Crippen LogP contribution in [0.15, 0.2) is 12.4 Å². The highest BCUT2D eigenvalue weighted by Gasteiger charge is 2.32. The van der Waals surface area contributed by atoms with Gasteiger partial charge in [0.2, 0.25) is 5.91 Å². The van der Waals surface area contributed by atoms with Gasteiger partial charge in [0.25, 0.3) is 0 Å². The zero-order valence-electron chi connectivity index (χ0n) is 11.4. The maximum atomic E-state index is 12.1. The summed E-state index contributed by atoms with van der Waals surface area (Å²) in [6.07, 6.45) is 2.77.